The van der Waals surface area contributed by atoms with E-state index < -0.39 is 25.8 Å². The highest BCUT2D eigenvalue weighted by Gasteiger charge is 2.28. The fourth-order valence-corrected chi connectivity index (χ4v) is 7.75. The molecule has 9 nitrogen and oxygen atoms in total. The van der Waals surface area contributed by atoms with Crippen LogP contribution in [0.5, 0.6) is 0 Å². The summed E-state index contributed by atoms with van der Waals surface area (Å²) in [6.45, 7) is 1.48. The minimum absolute atomic E-state index is 0.115. The molecular weight excluding hydrogens is 559 g/mol. The van der Waals surface area contributed by atoms with Crippen LogP contribution in [-0.2, 0) is 44.1 Å². The van der Waals surface area contributed by atoms with Crippen LogP contribution >= 0.6 is 11.3 Å². The van der Waals surface area contributed by atoms with Gasteiger partial charge in [0.15, 0.2) is 14.6 Å². The maximum Gasteiger partial charge on any atom is 0.279 e. The number of hydrogen-bond acceptors (Lipinski definition) is 7. The molecule has 0 saturated heterocycles. The average Bonchev–Trinajstić information content (AvgIpc) is 3.27. The third-order valence-electron chi connectivity index (χ3n) is 6.63. The minimum atomic E-state index is -3.73. The van der Waals surface area contributed by atoms with Gasteiger partial charge in [-0.25, -0.2) is 16.8 Å². The summed E-state index contributed by atoms with van der Waals surface area (Å²) in [6.07, 6.45) is 1.79. The first-order valence-corrected chi connectivity index (χ1v) is 16.3. The second-order valence-electron chi connectivity index (χ2n) is 9.23. The number of carbonyl (C=O) groups excluding carboxylic acids is 1. The first kappa shape index (κ1) is 27.4. The van der Waals surface area contributed by atoms with Crippen LogP contribution in [0.4, 0.5) is 0 Å². The Kier molecular flexibility index (Phi) is 7.57. The molecule has 204 valence electrons. The Bertz CT molecular complexity index is 1840. The standard InChI is InChI=1S/C27H27N3O6S3/c1-36-16-15-30-24-12-11-23(38(2,32)33)17-25(24)37-27(30)28-26(31)20-7-9-22(10-8-20)39(34,35)29-14-13-19-5-3-4-6-21(19)18-29/h3-12,17H,13-16,18H2,1-2H3. The highest BCUT2D eigenvalue weighted by Crippen LogP contribution is 2.26. The van der Waals surface area contributed by atoms with Crippen LogP contribution in [0.15, 0.2) is 81.5 Å². The summed E-state index contributed by atoms with van der Waals surface area (Å²) in [5, 5.41) is 0. The number of rotatable bonds is 7. The summed E-state index contributed by atoms with van der Waals surface area (Å²) in [4.78, 5) is 18.1. The van der Waals surface area contributed by atoms with Gasteiger partial charge in [0.2, 0.25) is 10.0 Å². The normalized spacial score (nSPS) is 15.0. The number of carbonyl (C=O) groups is 1. The second kappa shape index (κ2) is 10.8. The van der Waals surface area contributed by atoms with E-state index in [1.807, 2.05) is 24.3 Å². The molecule has 4 aromatic rings. The monoisotopic (exact) mass is 585 g/mol. The van der Waals surface area contributed by atoms with Crippen molar-refractivity contribution in [3.05, 3.63) is 88.2 Å². The molecular formula is C27H27N3O6S3. The lowest BCUT2D eigenvalue weighted by Crippen LogP contribution is -2.35. The molecule has 1 aliphatic rings. The molecule has 39 heavy (non-hydrogen) atoms. The molecule has 3 aromatic carbocycles. The Morgan fingerprint density at radius 2 is 1.67 bits per heavy atom. The summed E-state index contributed by atoms with van der Waals surface area (Å²) < 4.78 is 59.7. The molecule has 0 radical (unpaired) electrons. The lowest BCUT2D eigenvalue weighted by Gasteiger charge is -2.28. The van der Waals surface area contributed by atoms with Crippen molar-refractivity contribution in [2.45, 2.75) is 29.3 Å². The molecule has 2 heterocycles. The number of methoxy groups -OCH3 is 1. The van der Waals surface area contributed by atoms with Crippen LogP contribution in [0.3, 0.4) is 0 Å². The number of thiazole rings is 1. The number of fused-ring (bicyclic) bond motifs is 2. The summed E-state index contributed by atoms with van der Waals surface area (Å²) in [5.41, 5.74) is 3.13. The quantitative estimate of drug-likeness (QED) is 0.329. The third-order valence-corrected chi connectivity index (χ3v) is 10.6. The SMILES string of the molecule is COCCn1c(=NC(=O)c2ccc(S(=O)(=O)N3CCc4ccccc4C3)cc2)sc2cc(S(C)(=O)=O)ccc21. The summed E-state index contributed by atoms with van der Waals surface area (Å²) in [6, 6.07) is 18.4. The summed E-state index contributed by atoms with van der Waals surface area (Å²) >= 11 is 1.20. The Hall–Kier alpha value is -3.16. The van der Waals surface area contributed by atoms with Gasteiger partial charge < -0.3 is 9.30 Å². The predicted molar refractivity (Wildman–Crippen MR) is 149 cm³/mol. The van der Waals surface area contributed by atoms with Gasteiger partial charge in [0.05, 0.1) is 26.6 Å². The number of sulfone groups is 1. The van der Waals surface area contributed by atoms with E-state index in [0.29, 0.717) is 42.2 Å². The largest absolute Gasteiger partial charge is 0.383 e. The van der Waals surface area contributed by atoms with Gasteiger partial charge in [0.1, 0.15) is 0 Å². The molecule has 0 atom stereocenters. The molecule has 0 bridgehead atoms. The molecule has 0 N–H and O–H groups in total. The van der Waals surface area contributed by atoms with E-state index in [2.05, 4.69) is 4.99 Å². The molecule has 1 aliphatic heterocycles. The molecule has 0 spiro atoms. The highest BCUT2D eigenvalue weighted by molar-refractivity contribution is 7.90. The van der Waals surface area contributed by atoms with E-state index in [4.69, 9.17) is 4.74 Å². The van der Waals surface area contributed by atoms with Crippen LogP contribution in [0.25, 0.3) is 10.2 Å². The molecule has 0 aliphatic carbocycles. The number of sulfonamides is 1. The Morgan fingerprint density at radius 1 is 0.974 bits per heavy atom. The van der Waals surface area contributed by atoms with Crippen LogP contribution in [-0.4, -0.2) is 58.1 Å². The van der Waals surface area contributed by atoms with E-state index in [9.17, 15) is 21.6 Å². The molecule has 0 unspecified atom stereocenters. The number of hydrogen-bond donors (Lipinski definition) is 0. The molecule has 0 saturated carbocycles. The van der Waals surface area contributed by atoms with Crippen molar-refractivity contribution < 1.29 is 26.4 Å². The van der Waals surface area contributed by atoms with Crippen LogP contribution < -0.4 is 4.80 Å². The lowest BCUT2D eigenvalue weighted by atomic mass is 10.0. The van der Waals surface area contributed by atoms with Crippen LogP contribution in [0, 0.1) is 0 Å². The van der Waals surface area contributed by atoms with E-state index in [1.165, 1.54) is 46.0 Å². The van der Waals surface area contributed by atoms with Crippen molar-refractivity contribution in [3.63, 3.8) is 0 Å². The van der Waals surface area contributed by atoms with Gasteiger partial charge in [-0.2, -0.15) is 9.30 Å². The molecule has 12 heteroatoms. The van der Waals surface area contributed by atoms with Gasteiger partial charge in [-0.15, -0.1) is 0 Å². The number of benzene rings is 3. The highest BCUT2D eigenvalue weighted by atomic mass is 32.2. The first-order chi connectivity index (χ1) is 18.6. The number of amides is 1. The molecule has 1 amide bonds. The van der Waals surface area contributed by atoms with E-state index in [-0.39, 0.29) is 15.4 Å². The van der Waals surface area contributed by atoms with Crippen molar-refractivity contribution in [1.82, 2.24) is 8.87 Å². The van der Waals surface area contributed by atoms with Crippen LogP contribution in [0.1, 0.15) is 21.5 Å². The second-order valence-corrected chi connectivity index (χ2v) is 14.2. The topological polar surface area (TPSA) is 115 Å². The van der Waals surface area contributed by atoms with Crippen molar-refractivity contribution in [1.29, 1.82) is 0 Å². The Labute approximate surface area is 231 Å². The molecule has 5 rings (SSSR count). The van der Waals surface area contributed by atoms with Gasteiger partial charge in [-0.1, -0.05) is 35.6 Å². The number of aromatic nitrogens is 1. The maximum atomic E-state index is 13.3. The Balaban J connectivity index is 1.44. The molecule has 0 fully saturated rings. The van der Waals surface area contributed by atoms with Gasteiger partial charge in [-0.3, -0.25) is 4.79 Å². The summed E-state index contributed by atoms with van der Waals surface area (Å²) in [7, 11) is -5.56. The van der Waals surface area contributed by atoms with Crippen molar-refractivity contribution in [2.75, 3.05) is 26.5 Å². The molecule has 1 aromatic heterocycles. The minimum Gasteiger partial charge on any atom is -0.383 e. The van der Waals surface area contributed by atoms with E-state index in [0.717, 1.165) is 22.9 Å². The summed E-state index contributed by atoms with van der Waals surface area (Å²) in [5.74, 6) is -0.535. The van der Waals surface area contributed by atoms with Crippen LogP contribution in [0.2, 0.25) is 0 Å². The maximum absolute atomic E-state index is 13.3. The smallest absolute Gasteiger partial charge is 0.279 e. The Morgan fingerprint density at radius 3 is 2.36 bits per heavy atom. The zero-order valence-corrected chi connectivity index (χ0v) is 23.9. The van der Waals surface area contributed by atoms with Gasteiger partial charge >= 0.3 is 0 Å². The number of nitrogens with zero attached hydrogens (tertiary/aromatic N) is 3. The van der Waals surface area contributed by atoms with E-state index in [1.54, 1.807) is 23.8 Å². The lowest BCUT2D eigenvalue weighted by molar-refractivity contribution is 0.0997. The van der Waals surface area contributed by atoms with E-state index >= 15 is 0 Å². The van der Waals surface area contributed by atoms with Gasteiger partial charge in [0, 0.05) is 38.6 Å². The number of ether oxygens (including phenoxy) is 1. The zero-order chi connectivity index (χ0) is 27.8. The van der Waals surface area contributed by atoms with Crippen molar-refractivity contribution in [2.24, 2.45) is 4.99 Å². The fourth-order valence-electron chi connectivity index (χ4n) is 4.51. The predicted octanol–water partition coefficient (Wildman–Crippen LogP) is 3.24. The third kappa shape index (κ3) is 5.61. The first-order valence-electron chi connectivity index (χ1n) is 12.2. The fraction of sp³-hybridized carbons (Fsp3) is 0.259. The van der Waals surface area contributed by atoms with Crippen molar-refractivity contribution in [3.8, 4) is 0 Å². The van der Waals surface area contributed by atoms with Crippen molar-refractivity contribution >= 4 is 47.3 Å². The van der Waals surface area contributed by atoms with Gasteiger partial charge in [0.25, 0.3) is 5.91 Å². The zero-order valence-electron chi connectivity index (χ0n) is 21.4. The van der Waals surface area contributed by atoms with Gasteiger partial charge in [-0.05, 0) is 60.0 Å². The average molecular weight is 586 g/mol.